The molecule has 3 aromatic rings. The predicted molar refractivity (Wildman–Crippen MR) is 109 cm³/mol. The average molecular weight is 420 g/mol. The largest absolute Gasteiger partial charge is 0.497 e. The molecule has 0 aliphatic heterocycles. The Morgan fingerprint density at radius 3 is 2.69 bits per heavy atom. The van der Waals surface area contributed by atoms with Crippen LogP contribution in [0.1, 0.15) is 13.3 Å². The third-order valence-electron chi connectivity index (χ3n) is 4.25. The molecule has 11 heteroatoms. The highest BCUT2D eigenvalue weighted by Crippen LogP contribution is 2.28. The van der Waals surface area contributed by atoms with Gasteiger partial charge in [-0.05, 0) is 18.6 Å². The molecule has 156 valence electrons. The van der Waals surface area contributed by atoms with Crippen LogP contribution in [0, 0.1) is 0 Å². The number of hydrogen-bond donors (Lipinski definition) is 2. The normalized spacial score (nSPS) is 11.6. The summed E-state index contributed by atoms with van der Waals surface area (Å²) in [6.07, 6.45) is 4.10. The number of aromatic nitrogens is 4. The number of methoxy groups -OCH3 is 2. The number of anilines is 1. The van der Waals surface area contributed by atoms with Crippen LogP contribution in [0.3, 0.4) is 0 Å². The quantitative estimate of drug-likeness (QED) is 0.508. The van der Waals surface area contributed by atoms with Gasteiger partial charge in [-0.15, -0.1) is 0 Å². The first-order chi connectivity index (χ1) is 14.0. The lowest BCUT2D eigenvalue weighted by molar-refractivity contribution is 0.392. The van der Waals surface area contributed by atoms with E-state index >= 15 is 0 Å². The Hall–Kier alpha value is -2.92. The van der Waals surface area contributed by atoms with E-state index in [1.54, 1.807) is 23.0 Å². The maximum atomic E-state index is 12.7. The molecule has 0 aliphatic carbocycles. The maximum Gasteiger partial charge on any atom is 0.244 e. The van der Waals surface area contributed by atoms with E-state index in [4.69, 9.17) is 9.47 Å². The number of sulfonamides is 1. The summed E-state index contributed by atoms with van der Waals surface area (Å²) in [5, 5.41) is 8.34. The van der Waals surface area contributed by atoms with E-state index in [0.717, 1.165) is 18.4 Å². The molecule has 3 rings (SSSR count). The van der Waals surface area contributed by atoms with Crippen LogP contribution in [0.2, 0.25) is 0 Å². The highest BCUT2D eigenvalue weighted by atomic mass is 32.2. The molecule has 0 fully saturated rings. The van der Waals surface area contributed by atoms with Gasteiger partial charge in [0.05, 0.1) is 32.3 Å². The molecule has 0 amide bonds. The summed E-state index contributed by atoms with van der Waals surface area (Å²) >= 11 is 0. The molecule has 2 N–H and O–H groups in total. The topological polar surface area (TPSA) is 120 Å². The van der Waals surface area contributed by atoms with E-state index in [-0.39, 0.29) is 17.2 Å². The van der Waals surface area contributed by atoms with E-state index in [9.17, 15) is 8.42 Å². The fourth-order valence-corrected chi connectivity index (χ4v) is 4.00. The molecule has 1 aromatic carbocycles. The number of nitrogens with zero attached hydrogens (tertiary/aromatic N) is 4. The molecular weight excluding hydrogens is 396 g/mol. The Bertz CT molecular complexity index is 1080. The van der Waals surface area contributed by atoms with Crippen molar-refractivity contribution in [3.63, 3.8) is 0 Å². The molecule has 2 aromatic heterocycles. The van der Waals surface area contributed by atoms with E-state index in [0.29, 0.717) is 23.8 Å². The zero-order valence-electron chi connectivity index (χ0n) is 16.5. The minimum atomic E-state index is -3.80. The van der Waals surface area contributed by atoms with E-state index in [1.807, 2.05) is 0 Å². The molecule has 29 heavy (non-hydrogen) atoms. The monoisotopic (exact) mass is 420 g/mol. The second-order valence-corrected chi connectivity index (χ2v) is 7.90. The first-order valence-corrected chi connectivity index (χ1v) is 10.6. The van der Waals surface area contributed by atoms with Crippen molar-refractivity contribution < 1.29 is 17.9 Å². The minimum absolute atomic E-state index is 0.0121. The molecule has 0 bridgehead atoms. The standard InChI is InChI=1S/C18H24N6O4S/c1-4-7-19-17-14-11-22-24(18(14)21-12-20-17)9-8-23-29(25,26)16-10-13(27-2)5-6-15(16)28-3/h5-6,10-12,23H,4,7-9H2,1-3H3,(H,19,20,21). The van der Waals surface area contributed by atoms with Crippen LogP contribution in [0.25, 0.3) is 11.0 Å². The van der Waals surface area contributed by atoms with Crippen molar-refractivity contribution in [2.45, 2.75) is 24.8 Å². The van der Waals surface area contributed by atoms with Crippen LogP contribution in [0.15, 0.2) is 35.6 Å². The summed E-state index contributed by atoms with van der Waals surface area (Å²) in [7, 11) is -0.914. The lowest BCUT2D eigenvalue weighted by Crippen LogP contribution is -2.28. The minimum Gasteiger partial charge on any atom is -0.497 e. The molecule has 0 saturated carbocycles. The summed E-state index contributed by atoms with van der Waals surface area (Å²) < 4.78 is 40.0. The van der Waals surface area contributed by atoms with Crippen molar-refractivity contribution in [1.29, 1.82) is 0 Å². The Labute approximate surface area is 169 Å². The van der Waals surface area contributed by atoms with Gasteiger partial charge >= 0.3 is 0 Å². The van der Waals surface area contributed by atoms with Crippen molar-refractivity contribution in [2.24, 2.45) is 0 Å². The van der Waals surface area contributed by atoms with Gasteiger partial charge in [0, 0.05) is 19.2 Å². The van der Waals surface area contributed by atoms with Crippen molar-refractivity contribution in [1.82, 2.24) is 24.5 Å². The Balaban J connectivity index is 1.74. The lowest BCUT2D eigenvalue weighted by atomic mass is 10.3. The molecule has 0 aliphatic rings. The molecule has 0 spiro atoms. The summed E-state index contributed by atoms with van der Waals surface area (Å²) in [5.74, 6) is 1.38. The van der Waals surface area contributed by atoms with Crippen molar-refractivity contribution in [2.75, 3.05) is 32.6 Å². The van der Waals surface area contributed by atoms with Crippen molar-refractivity contribution in [3.8, 4) is 11.5 Å². The molecule has 10 nitrogen and oxygen atoms in total. The van der Waals surface area contributed by atoms with Crippen molar-refractivity contribution in [3.05, 3.63) is 30.7 Å². The number of ether oxygens (including phenoxy) is 2. The van der Waals surface area contributed by atoms with Gasteiger partial charge in [0.1, 0.15) is 28.5 Å². The summed E-state index contributed by atoms with van der Waals surface area (Å²) in [6, 6.07) is 4.61. The summed E-state index contributed by atoms with van der Waals surface area (Å²) in [6.45, 7) is 3.29. The van der Waals surface area contributed by atoms with Gasteiger partial charge in [0.25, 0.3) is 0 Å². The first kappa shape index (κ1) is 20.8. The van der Waals surface area contributed by atoms with E-state index in [2.05, 4.69) is 32.0 Å². The van der Waals surface area contributed by atoms with Gasteiger partial charge in [-0.2, -0.15) is 5.10 Å². The summed E-state index contributed by atoms with van der Waals surface area (Å²) in [4.78, 5) is 8.52. The zero-order chi connectivity index (χ0) is 20.9. The number of fused-ring (bicyclic) bond motifs is 1. The predicted octanol–water partition coefficient (Wildman–Crippen LogP) is 1.64. The molecule has 2 heterocycles. The van der Waals surface area contributed by atoms with Crippen LogP contribution in [-0.2, 0) is 16.6 Å². The number of hydrogen-bond acceptors (Lipinski definition) is 8. The smallest absolute Gasteiger partial charge is 0.244 e. The first-order valence-electron chi connectivity index (χ1n) is 9.12. The molecule has 0 saturated heterocycles. The highest BCUT2D eigenvalue weighted by Gasteiger charge is 2.20. The second-order valence-electron chi connectivity index (χ2n) is 6.17. The Morgan fingerprint density at radius 1 is 1.14 bits per heavy atom. The fourth-order valence-electron chi connectivity index (χ4n) is 2.80. The van der Waals surface area contributed by atoms with E-state index < -0.39 is 10.0 Å². The Morgan fingerprint density at radius 2 is 1.97 bits per heavy atom. The van der Waals surface area contributed by atoms with Crippen molar-refractivity contribution >= 4 is 26.9 Å². The number of rotatable bonds is 10. The van der Waals surface area contributed by atoms with Crippen LogP contribution < -0.4 is 19.5 Å². The summed E-state index contributed by atoms with van der Waals surface area (Å²) in [5.41, 5.74) is 0.636. The van der Waals surface area contributed by atoms with Crippen LogP contribution >= 0.6 is 0 Å². The fraction of sp³-hybridized carbons (Fsp3) is 0.389. The van der Waals surface area contributed by atoms with Crippen LogP contribution in [-0.4, -0.2) is 55.5 Å². The molecule has 0 radical (unpaired) electrons. The van der Waals surface area contributed by atoms with Gasteiger partial charge < -0.3 is 14.8 Å². The molecular formula is C18H24N6O4S. The van der Waals surface area contributed by atoms with Gasteiger partial charge in [0.15, 0.2) is 5.65 Å². The van der Waals surface area contributed by atoms with Gasteiger partial charge in [-0.1, -0.05) is 6.92 Å². The number of benzene rings is 1. The van der Waals surface area contributed by atoms with Gasteiger partial charge in [0.2, 0.25) is 10.0 Å². The Kier molecular flexibility index (Phi) is 6.49. The SMILES string of the molecule is CCCNc1ncnc2c1cnn2CCNS(=O)(=O)c1cc(OC)ccc1OC. The van der Waals surface area contributed by atoms with E-state index in [1.165, 1.54) is 26.6 Å². The highest BCUT2D eigenvalue weighted by molar-refractivity contribution is 7.89. The van der Waals surface area contributed by atoms with Gasteiger partial charge in [-0.3, -0.25) is 0 Å². The molecule has 0 atom stereocenters. The van der Waals surface area contributed by atoms with Crippen LogP contribution in [0.4, 0.5) is 5.82 Å². The third kappa shape index (κ3) is 4.57. The van der Waals surface area contributed by atoms with Gasteiger partial charge in [-0.25, -0.2) is 27.8 Å². The average Bonchev–Trinajstić information content (AvgIpc) is 3.15. The molecule has 0 unspecified atom stereocenters. The second kappa shape index (κ2) is 9.05. The maximum absolute atomic E-state index is 12.7. The third-order valence-corrected chi connectivity index (χ3v) is 5.73. The number of nitrogens with one attached hydrogen (secondary N) is 2. The van der Waals surface area contributed by atoms with Crippen LogP contribution in [0.5, 0.6) is 11.5 Å². The lowest BCUT2D eigenvalue weighted by Gasteiger charge is -2.12. The zero-order valence-corrected chi connectivity index (χ0v) is 17.4.